The van der Waals surface area contributed by atoms with Gasteiger partial charge in [0.05, 0.1) is 23.8 Å². The van der Waals surface area contributed by atoms with E-state index in [1.807, 2.05) is 30.3 Å². The van der Waals surface area contributed by atoms with Crippen LogP contribution in [-0.4, -0.2) is 16.6 Å². The van der Waals surface area contributed by atoms with Gasteiger partial charge >= 0.3 is 0 Å². The Morgan fingerprint density at radius 2 is 2.00 bits per heavy atom. The number of hydrogen-bond acceptors (Lipinski definition) is 6. The van der Waals surface area contributed by atoms with Gasteiger partial charge in [0.25, 0.3) is 0 Å². The third-order valence-corrected chi connectivity index (χ3v) is 5.40. The average molecular weight is 382 g/mol. The van der Waals surface area contributed by atoms with Crippen molar-refractivity contribution in [2.45, 2.75) is 39.2 Å². The van der Waals surface area contributed by atoms with Crippen LogP contribution in [0.5, 0.6) is 11.6 Å². The van der Waals surface area contributed by atoms with Crippen LogP contribution >= 0.6 is 11.3 Å². The van der Waals surface area contributed by atoms with Gasteiger partial charge in [-0.15, -0.1) is 0 Å². The first-order valence-corrected chi connectivity index (χ1v) is 9.88. The van der Waals surface area contributed by atoms with Gasteiger partial charge in [-0.3, -0.25) is 0 Å². The SMILES string of the molecule is CC(C)(C)c1ccccc1Oc1ncccc1Nc1nc2c(s1)COCC2. The highest BCUT2D eigenvalue weighted by molar-refractivity contribution is 7.15. The molecular weight excluding hydrogens is 358 g/mol. The summed E-state index contributed by atoms with van der Waals surface area (Å²) in [6.45, 7) is 7.91. The second kappa shape index (κ2) is 7.29. The summed E-state index contributed by atoms with van der Waals surface area (Å²) >= 11 is 1.62. The Balaban J connectivity index is 1.62. The van der Waals surface area contributed by atoms with Crippen LogP contribution in [0.25, 0.3) is 0 Å². The van der Waals surface area contributed by atoms with Crippen LogP contribution in [0.4, 0.5) is 10.8 Å². The molecule has 0 spiro atoms. The Morgan fingerprint density at radius 3 is 2.81 bits per heavy atom. The zero-order chi connectivity index (χ0) is 18.9. The van der Waals surface area contributed by atoms with E-state index in [2.05, 4.69) is 37.1 Å². The van der Waals surface area contributed by atoms with E-state index in [4.69, 9.17) is 14.5 Å². The third kappa shape index (κ3) is 3.96. The monoisotopic (exact) mass is 381 g/mol. The molecule has 1 aliphatic rings. The van der Waals surface area contributed by atoms with E-state index in [1.165, 1.54) is 4.88 Å². The number of benzene rings is 1. The standard InChI is InChI=1S/C21H23N3O2S/c1-21(2,3)14-7-4-5-9-17(14)26-19-16(8-6-11-22-19)24-20-23-15-10-12-25-13-18(15)27-20/h4-9,11H,10,12-13H2,1-3H3,(H,23,24). The molecule has 3 heterocycles. The largest absolute Gasteiger partial charge is 0.437 e. The third-order valence-electron chi connectivity index (χ3n) is 4.41. The van der Waals surface area contributed by atoms with Gasteiger partial charge in [0.1, 0.15) is 11.4 Å². The van der Waals surface area contributed by atoms with E-state index in [0.29, 0.717) is 12.5 Å². The topological polar surface area (TPSA) is 56.3 Å². The quantitative estimate of drug-likeness (QED) is 0.652. The summed E-state index contributed by atoms with van der Waals surface area (Å²) in [4.78, 5) is 10.3. The number of nitrogens with zero attached hydrogens (tertiary/aromatic N) is 2. The van der Waals surface area contributed by atoms with Gasteiger partial charge in [0.2, 0.25) is 5.88 Å². The molecule has 0 saturated heterocycles. The fraction of sp³-hybridized carbons (Fsp3) is 0.333. The second-order valence-electron chi connectivity index (χ2n) is 7.52. The molecule has 0 bridgehead atoms. The molecule has 27 heavy (non-hydrogen) atoms. The van der Waals surface area contributed by atoms with Gasteiger partial charge in [-0.1, -0.05) is 50.3 Å². The molecule has 1 N–H and O–H groups in total. The Bertz CT molecular complexity index is 923. The average Bonchev–Trinajstić information content (AvgIpc) is 3.05. The molecule has 0 unspecified atom stereocenters. The molecule has 1 aliphatic heterocycles. The summed E-state index contributed by atoms with van der Waals surface area (Å²) in [5, 5.41) is 4.21. The maximum atomic E-state index is 6.22. The first kappa shape index (κ1) is 17.9. The number of anilines is 2. The van der Waals surface area contributed by atoms with Crippen LogP contribution in [0, 0.1) is 0 Å². The number of pyridine rings is 1. The van der Waals surface area contributed by atoms with Crippen molar-refractivity contribution in [2.75, 3.05) is 11.9 Å². The molecule has 0 radical (unpaired) electrons. The molecule has 3 aromatic rings. The lowest BCUT2D eigenvalue weighted by Crippen LogP contribution is -2.12. The number of aromatic nitrogens is 2. The molecule has 2 aromatic heterocycles. The molecule has 140 valence electrons. The van der Waals surface area contributed by atoms with Crippen molar-refractivity contribution in [2.24, 2.45) is 0 Å². The fourth-order valence-corrected chi connectivity index (χ4v) is 4.00. The van der Waals surface area contributed by atoms with Gasteiger partial charge in [-0.2, -0.15) is 0 Å². The molecule has 6 heteroatoms. The zero-order valence-corrected chi connectivity index (χ0v) is 16.6. The molecular formula is C21H23N3O2S. The van der Waals surface area contributed by atoms with Gasteiger partial charge < -0.3 is 14.8 Å². The lowest BCUT2D eigenvalue weighted by atomic mass is 9.86. The van der Waals surface area contributed by atoms with Crippen LogP contribution in [0.3, 0.4) is 0 Å². The van der Waals surface area contributed by atoms with Crippen molar-refractivity contribution in [1.82, 2.24) is 9.97 Å². The minimum absolute atomic E-state index is 0.0205. The van der Waals surface area contributed by atoms with Crippen LogP contribution in [-0.2, 0) is 23.2 Å². The number of rotatable bonds is 4. The van der Waals surface area contributed by atoms with Crippen molar-refractivity contribution in [3.63, 3.8) is 0 Å². The summed E-state index contributed by atoms with van der Waals surface area (Å²) in [6, 6.07) is 11.9. The summed E-state index contributed by atoms with van der Waals surface area (Å²) in [7, 11) is 0. The fourth-order valence-electron chi connectivity index (χ4n) is 3.04. The first-order valence-electron chi connectivity index (χ1n) is 9.06. The molecule has 0 atom stereocenters. The molecule has 0 fully saturated rings. The van der Waals surface area contributed by atoms with Crippen molar-refractivity contribution in [3.05, 3.63) is 58.7 Å². The van der Waals surface area contributed by atoms with E-state index in [-0.39, 0.29) is 5.41 Å². The maximum Gasteiger partial charge on any atom is 0.243 e. The zero-order valence-electron chi connectivity index (χ0n) is 15.8. The van der Waals surface area contributed by atoms with Gasteiger partial charge in [-0.05, 0) is 23.6 Å². The lowest BCUT2D eigenvalue weighted by molar-refractivity contribution is 0.112. The number of ether oxygens (including phenoxy) is 2. The van der Waals surface area contributed by atoms with Gasteiger partial charge in [0.15, 0.2) is 5.13 Å². The minimum Gasteiger partial charge on any atom is -0.437 e. The normalized spacial score (nSPS) is 13.9. The number of hydrogen-bond donors (Lipinski definition) is 1. The van der Waals surface area contributed by atoms with Crippen LogP contribution in [0.1, 0.15) is 36.9 Å². The van der Waals surface area contributed by atoms with Crippen molar-refractivity contribution in [1.29, 1.82) is 0 Å². The number of fused-ring (bicyclic) bond motifs is 1. The van der Waals surface area contributed by atoms with Crippen LogP contribution in [0.15, 0.2) is 42.6 Å². The predicted octanol–water partition coefficient (Wildman–Crippen LogP) is 5.44. The molecule has 0 saturated carbocycles. The Morgan fingerprint density at radius 1 is 1.15 bits per heavy atom. The van der Waals surface area contributed by atoms with E-state index < -0.39 is 0 Å². The Hall–Kier alpha value is -2.44. The highest BCUT2D eigenvalue weighted by atomic mass is 32.1. The van der Waals surface area contributed by atoms with E-state index >= 15 is 0 Å². The van der Waals surface area contributed by atoms with Gasteiger partial charge in [-0.25, -0.2) is 9.97 Å². The summed E-state index contributed by atoms with van der Waals surface area (Å²) in [6.07, 6.45) is 2.60. The minimum atomic E-state index is -0.0205. The molecule has 4 rings (SSSR count). The van der Waals surface area contributed by atoms with Crippen LogP contribution < -0.4 is 10.1 Å². The number of thiazole rings is 1. The maximum absolute atomic E-state index is 6.22. The predicted molar refractivity (Wildman–Crippen MR) is 108 cm³/mol. The van der Waals surface area contributed by atoms with Crippen LogP contribution in [0.2, 0.25) is 0 Å². The molecule has 5 nitrogen and oxygen atoms in total. The van der Waals surface area contributed by atoms with Crippen molar-refractivity contribution in [3.8, 4) is 11.6 Å². The highest BCUT2D eigenvalue weighted by Gasteiger charge is 2.20. The molecule has 0 aliphatic carbocycles. The second-order valence-corrected chi connectivity index (χ2v) is 8.60. The Kier molecular flexibility index (Phi) is 4.85. The summed E-state index contributed by atoms with van der Waals surface area (Å²) in [5.74, 6) is 1.36. The van der Waals surface area contributed by atoms with Crippen molar-refractivity contribution >= 4 is 22.2 Å². The Labute approximate surface area is 163 Å². The number of nitrogens with one attached hydrogen (secondary N) is 1. The lowest BCUT2D eigenvalue weighted by Gasteiger charge is -2.22. The van der Waals surface area contributed by atoms with E-state index in [1.54, 1.807) is 17.5 Å². The molecule has 0 amide bonds. The summed E-state index contributed by atoms with van der Waals surface area (Å²) in [5.41, 5.74) is 3.04. The first-order chi connectivity index (χ1) is 13.0. The van der Waals surface area contributed by atoms with E-state index in [0.717, 1.165) is 40.9 Å². The van der Waals surface area contributed by atoms with E-state index in [9.17, 15) is 0 Å². The highest BCUT2D eigenvalue weighted by Crippen LogP contribution is 2.37. The van der Waals surface area contributed by atoms with Gasteiger partial charge in [0, 0.05) is 18.2 Å². The van der Waals surface area contributed by atoms with Crippen molar-refractivity contribution < 1.29 is 9.47 Å². The summed E-state index contributed by atoms with van der Waals surface area (Å²) < 4.78 is 11.7. The smallest absolute Gasteiger partial charge is 0.243 e. The molecule has 1 aromatic carbocycles. The number of para-hydroxylation sites is 1.